The van der Waals surface area contributed by atoms with Gasteiger partial charge in [0, 0.05) is 29.1 Å². The number of aromatic nitrogens is 3. The van der Waals surface area contributed by atoms with Crippen molar-refractivity contribution in [2.75, 3.05) is 5.32 Å². The molecule has 0 amide bonds. The van der Waals surface area contributed by atoms with Crippen LogP contribution in [-0.2, 0) is 4.79 Å². The molecule has 31 heavy (non-hydrogen) atoms. The highest BCUT2D eigenvalue weighted by molar-refractivity contribution is 6.44. The number of carbonyl (C=O) groups excluding carboxylic acids is 2. The molecule has 1 aromatic carbocycles. The number of carbonyl (C=O) groups is 2. The summed E-state index contributed by atoms with van der Waals surface area (Å²) in [7, 11) is 0. The second-order valence-corrected chi connectivity index (χ2v) is 8.94. The van der Waals surface area contributed by atoms with Crippen molar-refractivity contribution in [1.82, 2.24) is 15.0 Å². The zero-order valence-corrected chi connectivity index (χ0v) is 18.7. The predicted molar refractivity (Wildman–Crippen MR) is 123 cm³/mol. The van der Waals surface area contributed by atoms with Crippen LogP contribution in [-0.4, -0.2) is 32.6 Å². The molecule has 6 heteroatoms. The molecule has 0 unspecified atom stereocenters. The summed E-state index contributed by atoms with van der Waals surface area (Å²) >= 11 is 0. The molecule has 0 spiro atoms. The van der Waals surface area contributed by atoms with E-state index in [1.165, 1.54) is 0 Å². The molecule has 3 aromatic rings. The number of nitrogens with zero attached hydrogens (tertiary/aromatic N) is 2. The Hall–Kier alpha value is -3.02. The maximum Gasteiger partial charge on any atom is 0.228 e. The molecule has 0 bridgehead atoms. The van der Waals surface area contributed by atoms with Gasteiger partial charge in [-0.25, -0.2) is 9.97 Å². The van der Waals surface area contributed by atoms with Gasteiger partial charge in [0.1, 0.15) is 17.3 Å². The number of nitrogens with one attached hydrogen (secondary N) is 2. The number of anilines is 1. The lowest BCUT2D eigenvalue weighted by Crippen LogP contribution is -2.32. The van der Waals surface area contributed by atoms with Crippen LogP contribution in [0.2, 0.25) is 0 Å². The van der Waals surface area contributed by atoms with E-state index in [9.17, 15) is 9.59 Å². The summed E-state index contributed by atoms with van der Waals surface area (Å²) in [5.74, 6) is 1.09. The summed E-state index contributed by atoms with van der Waals surface area (Å²) in [6, 6.07) is 9.08. The molecule has 162 valence electrons. The molecule has 2 heterocycles. The lowest BCUT2D eigenvalue weighted by atomic mass is 9.81. The van der Waals surface area contributed by atoms with Crippen molar-refractivity contribution in [3.63, 3.8) is 0 Å². The number of aryl methyl sites for hydroxylation is 2. The van der Waals surface area contributed by atoms with Gasteiger partial charge in [-0.3, -0.25) is 9.59 Å². The second-order valence-electron chi connectivity index (χ2n) is 8.94. The van der Waals surface area contributed by atoms with Gasteiger partial charge in [0.05, 0.1) is 5.39 Å². The zero-order valence-electron chi connectivity index (χ0n) is 18.7. The van der Waals surface area contributed by atoms with Crippen LogP contribution in [0.25, 0.3) is 11.0 Å². The first-order valence-corrected chi connectivity index (χ1v) is 11.1. The molecule has 6 nitrogen and oxygen atoms in total. The van der Waals surface area contributed by atoms with Crippen LogP contribution in [0.5, 0.6) is 0 Å². The normalized spacial score (nSPS) is 19.0. The molecule has 0 aliphatic heterocycles. The average Bonchev–Trinajstić information content (AvgIpc) is 3.07. The third-order valence-electron chi connectivity index (χ3n) is 6.38. The highest BCUT2D eigenvalue weighted by atomic mass is 16.2. The van der Waals surface area contributed by atoms with Crippen molar-refractivity contribution in [3.05, 3.63) is 53.0 Å². The van der Waals surface area contributed by atoms with E-state index in [-0.39, 0.29) is 29.4 Å². The zero-order chi connectivity index (χ0) is 22.1. The third kappa shape index (κ3) is 4.24. The number of Topliss-reactive ketones (excluding diaryl/α,β-unsaturated/α-hetero) is 2. The molecule has 4 rings (SSSR count). The van der Waals surface area contributed by atoms with Crippen LogP contribution in [0.4, 0.5) is 5.82 Å². The van der Waals surface area contributed by atoms with Crippen LogP contribution < -0.4 is 5.32 Å². The highest BCUT2D eigenvalue weighted by Gasteiger charge is 2.31. The van der Waals surface area contributed by atoms with E-state index in [2.05, 4.69) is 38.0 Å². The Bertz CT molecular complexity index is 1110. The van der Waals surface area contributed by atoms with Gasteiger partial charge in [0.25, 0.3) is 0 Å². The minimum atomic E-state index is -0.366. The molecule has 1 saturated carbocycles. The maximum absolute atomic E-state index is 12.7. The second kappa shape index (κ2) is 8.61. The van der Waals surface area contributed by atoms with Gasteiger partial charge in [0.15, 0.2) is 0 Å². The first kappa shape index (κ1) is 21.2. The number of benzene rings is 1. The van der Waals surface area contributed by atoms with Gasteiger partial charge in [-0.05, 0) is 45.1 Å². The Morgan fingerprint density at radius 1 is 1.03 bits per heavy atom. The molecule has 2 aromatic heterocycles. The number of H-pyrrole nitrogens is 1. The molecule has 0 radical (unpaired) electrons. The maximum atomic E-state index is 12.7. The highest BCUT2D eigenvalue weighted by Crippen LogP contribution is 2.32. The van der Waals surface area contributed by atoms with E-state index in [0.717, 1.165) is 46.8 Å². The quantitative estimate of drug-likeness (QED) is 0.428. The Morgan fingerprint density at radius 2 is 1.71 bits per heavy atom. The minimum absolute atomic E-state index is 0.196. The van der Waals surface area contributed by atoms with Crippen LogP contribution in [0.3, 0.4) is 0 Å². The molecule has 0 atom stereocenters. The minimum Gasteiger partial charge on any atom is -0.367 e. The van der Waals surface area contributed by atoms with Crippen LogP contribution in [0.1, 0.15) is 72.9 Å². The van der Waals surface area contributed by atoms with Gasteiger partial charge < -0.3 is 10.3 Å². The van der Waals surface area contributed by atoms with E-state index in [0.29, 0.717) is 18.4 Å². The van der Waals surface area contributed by atoms with Crippen molar-refractivity contribution in [3.8, 4) is 0 Å². The predicted octanol–water partition coefficient (Wildman–Crippen LogP) is 5.12. The SMILES string of the molecule is Cc1[nH]c2nc(C(C)C)nc(NC3CCC(C(=O)C(=O)c4ccccc4)CC3)c2c1C. The smallest absolute Gasteiger partial charge is 0.228 e. The van der Waals surface area contributed by atoms with Gasteiger partial charge >= 0.3 is 0 Å². The van der Waals surface area contributed by atoms with Crippen LogP contribution in [0, 0.1) is 19.8 Å². The summed E-state index contributed by atoms with van der Waals surface area (Å²) in [5.41, 5.74) is 3.61. The lowest BCUT2D eigenvalue weighted by Gasteiger charge is -2.28. The average molecular weight is 419 g/mol. The molecule has 1 aliphatic rings. The van der Waals surface area contributed by atoms with Crippen molar-refractivity contribution < 1.29 is 9.59 Å². The van der Waals surface area contributed by atoms with E-state index in [4.69, 9.17) is 9.97 Å². The van der Waals surface area contributed by atoms with Crippen molar-refractivity contribution in [2.45, 2.75) is 65.3 Å². The van der Waals surface area contributed by atoms with Crippen molar-refractivity contribution >= 4 is 28.4 Å². The van der Waals surface area contributed by atoms with Gasteiger partial charge in [-0.15, -0.1) is 0 Å². The number of hydrogen-bond acceptors (Lipinski definition) is 5. The van der Waals surface area contributed by atoms with E-state index < -0.39 is 0 Å². The Kier molecular flexibility index (Phi) is 5.90. The molecule has 1 aliphatic carbocycles. The fourth-order valence-electron chi connectivity index (χ4n) is 4.36. The molecule has 2 N–H and O–H groups in total. The summed E-state index contributed by atoms with van der Waals surface area (Å²) in [4.78, 5) is 38.1. The molecular weight excluding hydrogens is 388 g/mol. The Labute approximate surface area is 182 Å². The standard InChI is InChI=1S/C25H30N4O2/c1-14(2)23-28-24-20(15(3)16(4)26-24)25(29-23)27-19-12-10-18(11-13-19)22(31)21(30)17-8-6-5-7-9-17/h5-9,14,18-19H,10-13H2,1-4H3,(H2,26,27,28,29). The van der Waals surface area contributed by atoms with Gasteiger partial charge in [-0.1, -0.05) is 44.2 Å². The first-order chi connectivity index (χ1) is 14.8. The van der Waals surface area contributed by atoms with Crippen molar-refractivity contribution in [1.29, 1.82) is 0 Å². The number of hydrogen-bond donors (Lipinski definition) is 2. The van der Waals surface area contributed by atoms with Crippen LogP contribution >= 0.6 is 0 Å². The fraction of sp³-hybridized carbons (Fsp3) is 0.440. The summed E-state index contributed by atoms with van der Waals surface area (Å²) in [6.07, 6.45) is 3.10. The summed E-state index contributed by atoms with van der Waals surface area (Å²) in [6.45, 7) is 8.32. The van der Waals surface area contributed by atoms with Crippen LogP contribution in [0.15, 0.2) is 30.3 Å². The Balaban J connectivity index is 1.47. The van der Waals surface area contributed by atoms with E-state index in [1.54, 1.807) is 24.3 Å². The van der Waals surface area contributed by atoms with Crippen molar-refractivity contribution in [2.24, 2.45) is 5.92 Å². The number of aromatic amines is 1. The number of rotatable bonds is 6. The third-order valence-corrected chi connectivity index (χ3v) is 6.38. The number of ketones is 2. The summed E-state index contributed by atoms with van der Waals surface area (Å²) in [5, 5.41) is 4.67. The Morgan fingerprint density at radius 3 is 2.35 bits per heavy atom. The lowest BCUT2D eigenvalue weighted by molar-refractivity contribution is -0.119. The fourth-order valence-corrected chi connectivity index (χ4v) is 4.36. The molecular formula is C25H30N4O2. The van der Waals surface area contributed by atoms with Gasteiger partial charge in [0.2, 0.25) is 11.6 Å². The van der Waals surface area contributed by atoms with E-state index >= 15 is 0 Å². The largest absolute Gasteiger partial charge is 0.367 e. The summed E-state index contributed by atoms with van der Waals surface area (Å²) < 4.78 is 0. The van der Waals surface area contributed by atoms with Gasteiger partial charge in [-0.2, -0.15) is 0 Å². The molecule has 0 saturated heterocycles. The number of fused-ring (bicyclic) bond motifs is 1. The van der Waals surface area contributed by atoms with E-state index in [1.807, 2.05) is 6.07 Å². The monoisotopic (exact) mass is 418 g/mol. The first-order valence-electron chi connectivity index (χ1n) is 11.1. The molecule has 1 fully saturated rings. The topological polar surface area (TPSA) is 87.7 Å².